The summed E-state index contributed by atoms with van der Waals surface area (Å²) in [4.78, 5) is 11.8. The highest BCUT2D eigenvalue weighted by Crippen LogP contribution is 2.24. The van der Waals surface area contributed by atoms with Crippen LogP contribution >= 0.6 is 12.4 Å². The molecule has 0 aromatic rings. The summed E-state index contributed by atoms with van der Waals surface area (Å²) in [6.45, 7) is 4.21. The molecule has 2 rings (SSSR count). The van der Waals surface area contributed by atoms with Crippen LogP contribution in [0.4, 0.5) is 0 Å². The van der Waals surface area contributed by atoms with E-state index in [9.17, 15) is 4.79 Å². The minimum atomic E-state index is -0.147. The number of morpholine rings is 1. The number of nitrogens with one attached hydrogen (secondary N) is 2. The molecule has 1 aliphatic heterocycles. The largest absolute Gasteiger partial charge is 0.378 e. The van der Waals surface area contributed by atoms with Gasteiger partial charge in [-0.15, -0.1) is 12.4 Å². The van der Waals surface area contributed by atoms with E-state index in [1.807, 2.05) is 0 Å². The topological polar surface area (TPSA) is 50.4 Å². The summed E-state index contributed by atoms with van der Waals surface area (Å²) in [7, 11) is 0. The molecule has 0 spiro atoms. The summed E-state index contributed by atoms with van der Waals surface area (Å²) in [5.74, 6) is 0.729. The van der Waals surface area contributed by atoms with Gasteiger partial charge in [-0.2, -0.15) is 0 Å². The van der Waals surface area contributed by atoms with Gasteiger partial charge in [-0.1, -0.05) is 13.3 Å². The van der Waals surface area contributed by atoms with E-state index in [4.69, 9.17) is 4.74 Å². The molecule has 5 heteroatoms. The Bertz CT molecular complexity index is 232. The molecule has 4 nitrogen and oxygen atoms in total. The predicted octanol–water partition coefficient (Wildman–Crippen LogP) is 0.701. The first-order chi connectivity index (χ1) is 7.27. The molecule has 2 aliphatic rings. The zero-order valence-corrected chi connectivity index (χ0v) is 10.5. The zero-order valence-electron chi connectivity index (χ0n) is 9.70. The SMILES string of the molecule is CC1CCCC1NC(=O)C1COCCN1.Cl. The molecular weight excluding hydrogens is 228 g/mol. The molecule has 2 fully saturated rings. The third-order valence-electron chi connectivity index (χ3n) is 3.43. The van der Waals surface area contributed by atoms with Crippen LogP contribution in [0, 0.1) is 5.92 Å². The normalized spacial score (nSPS) is 34.2. The molecule has 1 aliphatic carbocycles. The van der Waals surface area contributed by atoms with Crippen LogP contribution in [-0.2, 0) is 9.53 Å². The number of halogens is 1. The Hall–Kier alpha value is -0.320. The van der Waals surface area contributed by atoms with Gasteiger partial charge in [-0.3, -0.25) is 4.79 Å². The Morgan fingerprint density at radius 2 is 2.25 bits per heavy atom. The summed E-state index contributed by atoms with van der Waals surface area (Å²) >= 11 is 0. The lowest BCUT2D eigenvalue weighted by Gasteiger charge is -2.25. The summed E-state index contributed by atoms with van der Waals surface area (Å²) in [5, 5.41) is 6.29. The number of hydrogen-bond donors (Lipinski definition) is 2. The predicted molar refractivity (Wildman–Crippen MR) is 64.8 cm³/mol. The Kier molecular flexibility index (Phi) is 5.52. The second-order valence-corrected chi connectivity index (χ2v) is 4.60. The van der Waals surface area contributed by atoms with E-state index in [2.05, 4.69) is 17.6 Å². The van der Waals surface area contributed by atoms with Crippen LogP contribution in [0.25, 0.3) is 0 Å². The minimum absolute atomic E-state index is 0. The second kappa shape index (κ2) is 6.42. The van der Waals surface area contributed by atoms with Gasteiger partial charge in [0, 0.05) is 12.6 Å². The van der Waals surface area contributed by atoms with Gasteiger partial charge < -0.3 is 15.4 Å². The molecule has 1 heterocycles. The monoisotopic (exact) mass is 248 g/mol. The summed E-state index contributed by atoms with van der Waals surface area (Å²) in [5.41, 5.74) is 0. The Labute approximate surface area is 103 Å². The third-order valence-corrected chi connectivity index (χ3v) is 3.43. The first-order valence-corrected chi connectivity index (χ1v) is 5.89. The first kappa shape index (κ1) is 13.7. The molecule has 3 atom stereocenters. The quantitative estimate of drug-likeness (QED) is 0.757. The summed E-state index contributed by atoms with van der Waals surface area (Å²) < 4.78 is 5.27. The van der Waals surface area contributed by atoms with E-state index in [1.165, 1.54) is 12.8 Å². The van der Waals surface area contributed by atoms with Crippen LogP contribution in [0.1, 0.15) is 26.2 Å². The first-order valence-electron chi connectivity index (χ1n) is 5.89. The molecule has 1 saturated heterocycles. The highest BCUT2D eigenvalue weighted by Gasteiger charge is 2.28. The molecular formula is C11H21ClN2O2. The van der Waals surface area contributed by atoms with Gasteiger partial charge in [0.05, 0.1) is 13.2 Å². The maximum Gasteiger partial charge on any atom is 0.239 e. The van der Waals surface area contributed by atoms with E-state index in [0.29, 0.717) is 25.2 Å². The third kappa shape index (κ3) is 3.34. The van der Waals surface area contributed by atoms with Crippen LogP contribution < -0.4 is 10.6 Å². The van der Waals surface area contributed by atoms with E-state index < -0.39 is 0 Å². The summed E-state index contributed by atoms with van der Waals surface area (Å²) in [6, 6.07) is 0.229. The Balaban J connectivity index is 0.00000128. The fourth-order valence-corrected chi connectivity index (χ4v) is 2.38. The van der Waals surface area contributed by atoms with Gasteiger partial charge in [-0.25, -0.2) is 0 Å². The lowest BCUT2D eigenvalue weighted by molar-refractivity contribution is -0.126. The van der Waals surface area contributed by atoms with Crippen molar-refractivity contribution in [1.82, 2.24) is 10.6 Å². The molecule has 2 N–H and O–H groups in total. The molecule has 1 amide bonds. The van der Waals surface area contributed by atoms with E-state index in [0.717, 1.165) is 13.0 Å². The maximum absolute atomic E-state index is 11.8. The van der Waals surface area contributed by atoms with Crippen molar-refractivity contribution < 1.29 is 9.53 Å². The van der Waals surface area contributed by atoms with Crippen molar-refractivity contribution in [2.24, 2.45) is 5.92 Å². The second-order valence-electron chi connectivity index (χ2n) is 4.60. The number of hydrogen-bond acceptors (Lipinski definition) is 3. The number of ether oxygens (including phenoxy) is 1. The van der Waals surface area contributed by atoms with Crippen molar-refractivity contribution in [1.29, 1.82) is 0 Å². The number of carbonyl (C=O) groups excluding carboxylic acids is 1. The van der Waals surface area contributed by atoms with Crippen LogP contribution in [0.3, 0.4) is 0 Å². The van der Waals surface area contributed by atoms with E-state index >= 15 is 0 Å². The van der Waals surface area contributed by atoms with E-state index in [-0.39, 0.29) is 24.4 Å². The lowest BCUT2D eigenvalue weighted by Crippen LogP contribution is -2.53. The van der Waals surface area contributed by atoms with Crippen LogP contribution in [0.5, 0.6) is 0 Å². The highest BCUT2D eigenvalue weighted by atomic mass is 35.5. The molecule has 0 aromatic heterocycles. The van der Waals surface area contributed by atoms with Crippen LogP contribution in [0.15, 0.2) is 0 Å². The molecule has 1 saturated carbocycles. The zero-order chi connectivity index (χ0) is 10.7. The number of amides is 1. The van der Waals surface area contributed by atoms with Gasteiger partial charge in [0.2, 0.25) is 5.91 Å². The molecule has 94 valence electrons. The van der Waals surface area contributed by atoms with Crippen molar-refractivity contribution in [3.8, 4) is 0 Å². The fraction of sp³-hybridized carbons (Fsp3) is 0.909. The highest BCUT2D eigenvalue weighted by molar-refractivity contribution is 5.85. The molecule has 16 heavy (non-hydrogen) atoms. The van der Waals surface area contributed by atoms with Crippen LogP contribution in [-0.4, -0.2) is 37.7 Å². The average molecular weight is 249 g/mol. The van der Waals surface area contributed by atoms with Gasteiger partial charge >= 0.3 is 0 Å². The lowest BCUT2D eigenvalue weighted by atomic mass is 10.1. The van der Waals surface area contributed by atoms with Crippen molar-refractivity contribution in [2.75, 3.05) is 19.8 Å². The molecule has 0 bridgehead atoms. The fourth-order valence-electron chi connectivity index (χ4n) is 2.38. The van der Waals surface area contributed by atoms with Gasteiger partial charge in [0.25, 0.3) is 0 Å². The smallest absolute Gasteiger partial charge is 0.239 e. The Morgan fingerprint density at radius 1 is 1.44 bits per heavy atom. The van der Waals surface area contributed by atoms with Gasteiger partial charge in [0.1, 0.15) is 6.04 Å². The van der Waals surface area contributed by atoms with Crippen molar-refractivity contribution >= 4 is 18.3 Å². The molecule has 0 aromatic carbocycles. The van der Waals surface area contributed by atoms with E-state index in [1.54, 1.807) is 0 Å². The Morgan fingerprint density at radius 3 is 2.81 bits per heavy atom. The van der Waals surface area contributed by atoms with Crippen molar-refractivity contribution in [3.05, 3.63) is 0 Å². The van der Waals surface area contributed by atoms with Crippen molar-refractivity contribution in [3.63, 3.8) is 0 Å². The number of rotatable bonds is 2. The standard InChI is InChI=1S/C11H20N2O2.ClH/c1-8-3-2-4-9(8)13-11(14)10-7-15-6-5-12-10;/h8-10,12H,2-7H2,1H3,(H,13,14);1H. The maximum atomic E-state index is 11.8. The number of carbonyl (C=O) groups is 1. The minimum Gasteiger partial charge on any atom is -0.378 e. The summed E-state index contributed by atoms with van der Waals surface area (Å²) in [6.07, 6.45) is 3.60. The molecule has 0 radical (unpaired) electrons. The van der Waals surface area contributed by atoms with Gasteiger partial charge in [-0.05, 0) is 18.8 Å². The van der Waals surface area contributed by atoms with Crippen molar-refractivity contribution in [2.45, 2.75) is 38.3 Å². The van der Waals surface area contributed by atoms with Gasteiger partial charge in [0.15, 0.2) is 0 Å². The average Bonchev–Trinajstić information content (AvgIpc) is 2.66. The van der Waals surface area contributed by atoms with Crippen LogP contribution in [0.2, 0.25) is 0 Å². The molecule has 3 unspecified atom stereocenters.